The third-order valence-corrected chi connectivity index (χ3v) is 6.24. The van der Waals surface area contributed by atoms with Crippen LogP contribution >= 0.6 is 15.9 Å². The third-order valence-electron chi connectivity index (χ3n) is 5.75. The number of ketones is 2. The molecule has 0 unspecified atom stereocenters. The van der Waals surface area contributed by atoms with Gasteiger partial charge in [-0.05, 0) is 80.3 Å². The van der Waals surface area contributed by atoms with E-state index in [0.29, 0.717) is 11.1 Å². The van der Waals surface area contributed by atoms with Crippen molar-refractivity contribution in [3.63, 3.8) is 0 Å². The Kier molecular flexibility index (Phi) is 5.31. The molecule has 0 amide bonds. The first-order valence-electron chi connectivity index (χ1n) is 9.95. The molecule has 31 heavy (non-hydrogen) atoms. The van der Waals surface area contributed by atoms with Crippen LogP contribution in [0, 0.1) is 20.8 Å². The molecule has 4 rings (SSSR count). The van der Waals surface area contributed by atoms with Crippen LogP contribution in [0.25, 0.3) is 16.8 Å². The predicted octanol–water partition coefficient (Wildman–Crippen LogP) is 6.43. The van der Waals surface area contributed by atoms with Gasteiger partial charge in [0.05, 0.1) is 16.8 Å². The number of hydrogen-bond donors (Lipinski definition) is 1. The van der Waals surface area contributed by atoms with Crippen molar-refractivity contribution >= 4 is 33.0 Å². The molecule has 0 fully saturated rings. The van der Waals surface area contributed by atoms with Crippen molar-refractivity contribution in [2.75, 3.05) is 0 Å². The quantitative estimate of drug-likeness (QED) is 0.345. The van der Waals surface area contributed by atoms with E-state index in [9.17, 15) is 14.7 Å². The number of aryl methyl sites for hydroxylation is 2. The molecule has 1 N–H and O–H groups in total. The van der Waals surface area contributed by atoms with E-state index in [2.05, 4.69) is 15.9 Å². The number of halogens is 1. The van der Waals surface area contributed by atoms with Gasteiger partial charge in [0.2, 0.25) is 0 Å². The zero-order valence-corrected chi connectivity index (χ0v) is 19.4. The van der Waals surface area contributed by atoms with Gasteiger partial charge < -0.3 is 9.51 Å². The van der Waals surface area contributed by atoms with Gasteiger partial charge in [0, 0.05) is 21.8 Å². The van der Waals surface area contributed by atoms with Gasteiger partial charge in [-0.3, -0.25) is 9.59 Å². The molecule has 2 aromatic heterocycles. The molecule has 156 valence electrons. The molecule has 5 heteroatoms. The summed E-state index contributed by atoms with van der Waals surface area (Å²) in [4.78, 5) is 26.0. The Balaban J connectivity index is 2.02. The van der Waals surface area contributed by atoms with E-state index in [1.807, 2.05) is 55.5 Å². The molecule has 0 aliphatic carbocycles. The van der Waals surface area contributed by atoms with Crippen LogP contribution in [0.15, 0.2) is 59.2 Å². The second-order valence-electron chi connectivity index (χ2n) is 7.87. The predicted molar refractivity (Wildman–Crippen MR) is 126 cm³/mol. The Hall–Kier alpha value is -3.18. The van der Waals surface area contributed by atoms with Crippen molar-refractivity contribution in [1.29, 1.82) is 0 Å². The molecule has 0 spiro atoms. The summed E-state index contributed by atoms with van der Waals surface area (Å²) in [5.74, 6) is -0.494. The Morgan fingerprint density at radius 2 is 1.71 bits per heavy atom. The fourth-order valence-electron chi connectivity index (χ4n) is 4.04. The lowest BCUT2D eigenvalue weighted by Crippen LogP contribution is -2.09. The summed E-state index contributed by atoms with van der Waals surface area (Å²) in [6, 6.07) is 14.8. The average molecular weight is 476 g/mol. The fraction of sp³-hybridized carbons (Fsp3) is 0.154. The smallest absolute Gasteiger partial charge is 0.198 e. The lowest BCUT2D eigenvalue weighted by molar-refractivity contribution is 0.101. The first kappa shape index (κ1) is 21.1. The molecule has 0 aliphatic heterocycles. The van der Waals surface area contributed by atoms with Gasteiger partial charge in [-0.25, -0.2) is 0 Å². The number of hydrogen-bond acceptors (Lipinski definition) is 3. The highest BCUT2D eigenvalue weighted by Gasteiger charge is 2.22. The number of benzene rings is 2. The number of carbonyl (C=O) groups excluding carboxylic acids is 2. The molecule has 4 nitrogen and oxygen atoms in total. The molecular formula is C26H22BrNO3. The molecule has 0 aliphatic rings. The van der Waals surface area contributed by atoms with Gasteiger partial charge in [-0.15, -0.1) is 0 Å². The number of nitrogens with zero attached hydrogens (tertiary/aromatic N) is 1. The van der Waals surface area contributed by atoms with Crippen LogP contribution in [0.5, 0.6) is 5.75 Å². The molecular weight excluding hydrogens is 454 g/mol. The van der Waals surface area contributed by atoms with Crippen LogP contribution < -0.4 is 0 Å². The van der Waals surface area contributed by atoms with E-state index in [-0.39, 0.29) is 22.9 Å². The minimum absolute atomic E-state index is 0.0616. The second kappa shape index (κ2) is 7.82. The SMILES string of the molecule is CC(=O)c1cc(C(=O)c2c(O)ccc(C)c2C)cn2c(-c3cccc(Br)c3)c(C)cc12. The lowest BCUT2D eigenvalue weighted by Gasteiger charge is -2.13. The molecule has 4 aromatic rings. The van der Waals surface area contributed by atoms with Gasteiger partial charge in [0.1, 0.15) is 5.75 Å². The van der Waals surface area contributed by atoms with Crippen molar-refractivity contribution in [1.82, 2.24) is 4.40 Å². The summed E-state index contributed by atoms with van der Waals surface area (Å²) in [5.41, 5.74) is 6.38. The van der Waals surface area contributed by atoms with E-state index in [4.69, 9.17) is 0 Å². The van der Waals surface area contributed by atoms with Crippen LogP contribution in [0.3, 0.4) is 0 Å². The van der Waals surface area contributed by atoms with Gasteiger partial charge in [-0.1, -0.05) is 34.1 Å². The maximum Gasteiger partial charge on any atom is 0.198 e. The van der Waals surface area contributed by atoms with E-state index in [1.54, 1.807) is 18.3 Å². The highest BCUT2D eigenvalue weighted by atomic mass is 79.9. The number of pyridine rings is 1. The lowest BCUT2D eigenvalue weighted by atomic mass is 9.94. The van der Waals surface area contributed by atoms with Crippen molar-refractivity contribution < 1.29 is 14.7 Å². The molecule has 0 atom stereocenters. The Morgan fingerprint density at radius 1 is 0.968 bits per heavy atom. The summed E-state index contributed by atoms with van der Waals surface area (Å²) in [7, 11) is 0. The first-order valence-corrected chi connectivity index (χ1v) is 10.7. The van der Waals surface area contributed by atoms with Crippen LogP contribution in [0.4, 0.5) is 0 Å². The van der Waals surface area contributed by atoms with Crippen LogP contribution in [0.2, 0.25) is 0 Å². The van der Waals surface area contributed by atoms with Gasteiger partial charge in [-0.2, -0.15) is 0 Å². The first-order chi connectivity index (χ1) is 14.7. The van der Waals surface area contributed by atoms with Gasteiger partial charge in [0.25, 0.3) is 0 Å². The summed E-state index contributed by atoms with van der Waals surface area (Å²) < 4.78 is 2.85. The third kappa shape index (κ3) is 3.59. The summed E-state index contributed by atoms with van der Waals surface area (Å²) in [5, 5.41) is 10.4. The van der Waals surface area contributed by atoms with Gasteiger partial charge >= 0.3 is 0 Å². The Labute approximate surface area is 189 Å². The number of phenols is 1. The number of aromatic hydroxyl groups is 1. The van der Waals surface area contributed by atoms with Crippen molar-refractivity contribution in [2.24, 2.45) is 0 Å². The monoisotopic (exact) mass is 475 g/mol. The molecule has 0 bridgehead atoms. The molecule has 0 saturated heterocycles. The summed E-state index contributed by atoms with van der Waals surface area (Å²) >= 11 is 3.52. The number of fused-ring (bicyclic) bond motifs is 1. The summed E-state index contributed by atoms with van der Waals surface area (Å²) in [6.07, 6.45) is 1.76. The summed E-state index contributed by atoms with van der Waals surface area (Å²) in [6.45, 7) is 7.21. The van der Waals surface area contributed by atoms with Crippen LogP contribution in [0.1, 0.15) is 49.9 Å². The van der Waals surface area contributed by atoms with Gasteiger partial charge in [0.15, 0.2) is 11.6 Å². The molecule has 2 heterocycles. The molecule has 0 saturated carbocycles. The van der Waals surface area contributed by atoms with Crippen LogP contribution in [-0.4, -0.2) is 21.1 Å². The highest BCUT2D eigenvalue weighted by molar-refractivity contribution is 9.10. The minimum atomic E-state index is -0.311. The topological polar surface area (TPSA) is 58.8 Å². The fourth-order valence-corrected chi connectivity index (χ4v) is 4.44. The van der Waals surface area contributed by atoms with Crippen molar-refractivity contribution in [3.8, 4) is 17.0 Å². The van der Waals surface area contributed by atoms with Crippen LogP contribution in [-0.2, 0) is 0 Å². The number of aromatic nitrogens is 1. The van der Waals surface area contributed by atoms with Crippen molar-refractivity contribution in [3.05, 3.63) is 92.6 Å². The zero-order chi connectivity index (χ0) is 22.4. The maximum atomic E-state index is 13.5. The Morgan fingerprint density at radius 3 is 2.39 bits per heavy atom. The van der Waals surface area contributed by atoms with E-state index >= 15 is 0 Å². The number of Topliss-reactive ketones (excluding diaryl/α,β-unsaturated/α-hetero) is 1. The normalized spacial score (nSPS) is 11.1. The minimum Gasteiger partial charge on any atom is -0.507 e. The maximum absolute atomic E-state index is 13.5. The van der Waals surface area contributed by atoms with E-state index in [0.717, 1.165) is 37.9 Å². The molecule has 2 aromatic carbocycles. The standard InChI is InChI=1S/C26H22BrNO3/c1-14-8-9-23(30)24(16(14)3)26(31)19-12-21(17(4)29)22-10-15(2)25(28(22)13-19)18-6-5-7-20(27)11-18/h5-13,30H,1-4H3. The average Bonchev–Trinajstić information content (AvgIpc) is 3.05. The largest absolute Gasteiger partial charge is 0.507 e. The molecule has 0 radical (unpaired) electrons. The second-order valence-corrected chi connectivity index (χ2v) is 8.79. The number of carbonyl (C=O) groups is 2. The highest BCUT2D eigenvalue weighted by Crippen LogP contribution is 2.33. The zero-order valence-electron chi connectivity index (χ0n) is 17.8. The van der Waals surface area contributed by atoms with E-state index in [1.165, 1.54) is 13.0 Å². The number of rotatable bonds is 4. The van der Waals surface area contributed by atoms with Crippen molar-refractivity contribution in [2.45, 2.75) is 27.7 Å². The number of phenolic OH excluding ortho intramolecular Hbond substituents is 1. The van der Waals surface area contributed by atoms with E-state index < -0.39 is 0 Å². The Bertz CT molecular complexity index is 1380.